The first-order chi connectivity index (χ1) is 11.7. The van der Waals surface area contributed by atoms with Crippen LogP contribution in [0.1, 0.15) is 42.5 Å². The Morgan fingerprint density at radius 2 is 1.75 bits per heavy atom. The molecule has 3 aromatic heterocycles. The van der Waals surface area contributed by atoms with Gasteiger partial charge >= 0.3 is 0 Å². The van der Waals surface area contributed by atoms with Crippen LogP contribution in [0, 0.1) is 0 Å². The van der Waals surface area contributed by atoms with Gasteiger partial charge in [-0.1, -0.05) is 6.07 Å². The Morgan fingerprint density at radius 1 is 0.875 bits per heavy atom. The van der Waals surface area contributed by atoms with Crippen LogP contribution in [0.3, 0.4) is 0 Å². The molecule has 3 aromatic rings. The maximum atomic E-state index is 12.6. The number of nitrogens with zero attached hydrogens (tertiary/aromatic N) is 3. The zero-order valence-electron chi connectivity index (χ0n) is 12.4. The van der Waals surface area contributed by atoms with Gasteiger partial charge in [0.1, 0.15) is 11.4 Å². The Hall–Kier alpha value is -3.54. The van der Waals surface area contributed by atoms with Crippen molar-refractivity contribution in [3.8, 4) is 0 Å². The molecule has 0 fully saturated rings. The lowest BCUT2D eigenvalue weighted by Crippen LogP contribution is -2.14. The van der Waals surface area contributed by atoms with E-state index < -0.39 is 11.6 Å². The second-order valence-corrected chi connectivity index (χ2v) is 4.85. The molecule has 6 nitrogen and oxygen atoms in total. The lowest BCUT2D eigenvalue weighted by atomic mass is 9.98. The summed E-state index contributed by atoms with van der Waals surface area (Å²) < 4.78 is 0. The van der Waals surface area contributed by atoms with Crippen LogP contribution >= 0.6 is 0 Å². The number of aldehydes is 1. The van der Waals surface area contributed by atoms with Crippen LogP contribution in [0.2, 0.25) is 0 Å². The predicted molar refractivity (Wildman–Crippen MR) is 85.0 cm³/mol. The highest BCUT2D eigenvalue weighted by molar-refractivity contribution is 6.17. The first kappa shape index (κ1) is 15.4. The standard InChI is InChI=1S/C18H11N3O3/c22-11-14-13(18(24)15-5-1-2-8-20-15)6-9-21-16(14)17(23)12-4-3-7-19-10-12/h1-11H. The van der Waals surface area contributed by atoms with Crippen LogP contribution in [0.15, 0.2) is 61.2 Å². The smallest absolute Gasteiger partial charge is 0.213 e. The number of carbonyl (C=O) groups is 3. The number of carbonyl (C=O) groups excluding carboxylic acids is 3. The molecule has 0 saturated carbocycles. The zero-order valence-corrected chi connectivity index (χ0v) is 12.4. The molecule has 116 valence electrons. The van der Waals surface area contributed by atoms with Crippen molar-refractivity contribution in [1.82, 2.24) is 15.0 Å². The molecule has 0 aliphatic heterocycles. The van der Waals surface area contributed by atoms with E-state index in [4.69, 9.17) is 0 Å². The SMILES string of the molecule is O=Cc1c(C(=O)c2ccccn2)ccnc1C(=O)c1cccnc1. The monoisotopic (exact) mass is 317 g/mol. The fraction of sp³-hybridized carbons (Fsp3) is 0. The molecule has 0 unspecified atom stereocenters. The molecule has 24 heavy (non-hydrogen) atoms. The van der Waals surface area contributed by atoms with Crippen LogP contribution in [-0.4, -0.2) is 32.8 Å². The van der Waals surface area contributed by atoms with E-state index in [0.29, 0.717) is 6.29 Å². The largest absolute Gasteiger partial charge is 0.298 e. The summed E-state index contributed by atoms with van der Waals surface area (Å²) in [4.78, 5) is 48.5. The van der Waals surface area contributed by atoms with Gasteiger partial charge in [0.25, 0.3) is 0 Å². The first-order valence-electron chi connectivity index (χ1n) is 7.07. The third-order valence-corrected chi connectivity index (χ3v) is 3.39. The number of aromatic nitrogens is 3. The number of ketones is 2. The van der Waals surface area contributed by atoms with E-state index in [1.54, 1.807) is 30.3 Å². The lowest BCUT2D eigenvalue weighted by Gasteiger charge is -2.08. The van der Waals surface area contributed by atoms with Gasteiger partial charge in [0.2, 0.25) is 11.6 Å². The predicted octanol–water partition coefficient (Wildman–Crippen LogP) is 2.15. The Bertz CT molecular complexity index is 840. The van der Waals surface area contributed by atoms with E-state index in [9.17, 15) is 14.4 Å². The van der Waals surface area contributed by atoms with Crippen molar-refractivity contribution >= 4 is 17.9 Å². The molecule has 0 spiro atoms. The highest BCUT2D eigenvalue weighted by Crippen LogP contribution is 2.17. The topological polar surface area (TPSA) is 89.9 Å². The minimum Gasteiger partial charge on any atom is -0.298 e. The Morgan fingerprint density at radius 3 is 2.42 bits per heavy atom. The molecule has 6 heteroatoms. The van der Waals surface area contributed by atoms with Crippen LogP contribution in [0.4, 0.5) is 0 Å². The fourth-order valence-corrected chi connectivity index (χ4v) is 2.24. The van der Waals surface area contributed by atoms with E-state index in [0.717, 1.165) is 0 Å². The quantitative estimate of drug-likeness (QED) is 0.529. The molecule has 0 aliphatic rings. The Kier molecular flexibility index (Phi) is 4.29. The maximum absolute atomic E-state index is 12.6. The van der Waals surface area contributed by atoms with Crippen molar-refractivity contribution < 1.29 is 14.4 Å². The van der Waals surface area contributed by atoms with Crippen LogP contribution < -0.4 is 0 Å². The van der Waals surface area contributed by atoms with Crippen molar-refractivity contribution in [1.29, 1.82) is 0 Å². The van der Waals surface area contributed by atoms with Gasteiger partial charge in [0, 0.05) is 35.9 Å². The van der Waals surface area contributed by atoms with Crippen LogP contribution in [-0.2, 0) is 0 Å². The fourth-order valence-electron chi connectivity index (χ4n) is 2.24. The summed E-state index contributed by atoms with van der Waals surface area (Å²) in [6, 6.07) is 9.47. The minimum absolute atomic E-state index is 0.0537. The highest BCUT2D eigenvalue weighted by Gasteiger charge is 2.22. The number of rotatable bonds is 5. The summed E-state index contributed by atoms with van der Waals surface area (Å²) in [5.74, 6) is -0.916. The molecular formula is C18H11N3O3. The summed E-state index contributed by atoms with van der Waals surface area (Å²) in [7, 11) is 0. The van der Waals surface area contributed by atoms with Crippen molar-refractivity contribution in [2.45, 2.75) is 0 Å². The van der Waals surface area contributed by atoms with Gasteiger partial charge in [0.05, 0.1) is 5.56 Å². The van der Waals surface area contributed by atoms with Crippen molar-refractivity contribution in [2.24, 2.45) is 0 Å². The molecule has 0 aromatic carbocycles. The maximum Gasteiger partial charge on any atom is 0.213 e. The Labute approximate surface area is 137 Å². The molecular weight excluding hydrogens is 306 g/mol. The second kappa shape index (κ2) is 6.70. The molecule has 0 bridgehead atoms. The molecule has 0 saturated heterocycles. The summed E-state index contributed by atoms with van der Waals surface area (Å²) in [5, 5.41) is 0. The average molecular weight is 317 g/mol. The third kappa shape index (κ3) is 2.85. The average Bonchev–Trinajstić information content (AvgIpc) is 2.67. The number of hydrogen-bond donors (Lipinski definition) is 0. The molecule has 0 aliphatic carbocycles. The minimum atomic E-state index is -0.471. The van der Waals surface area contributed by atoms with Gasteiger partial charge in [-0.15, -0.1) is 0 Å². The third-order valence-electron chi connectivity index (χ3n) is 3.39. The second-order valence-electron chi connectivity index (χ2n) is 4.85. The van der Waals surface area contributed by atoms with Crippen molar-refractivity contribution in [3.63, 3.8) is 0 Å². The van der Waals surface area contributed by atoms with Gasteiger partial charge in [-0.3, -0.25) is 29.3 Å². The molecule has 0 radical (unpaired) electrons. The van der Waals surface area contributed by atoms with Crippen molar-refractivity contribution in [3.05, 3.63) is 89.3 Å². The highest BCUT2D eigenvalue weighted by atomic mass is 16.1. The van der Waals surface area contributed by atoms with E-state index in [-0.39, 0.29) is 28.1 Å². The normalized spacial score (nSPS) is 10.2. The molecule has 3 heterocycles. The van der Waals surface area contributed by atoms with Gasteiger partial charge in [0.15, 0.2) is 6.29 Å². The van der Waals surface area contributed by atoms with E-state index in [1.165, 1.54) is 30.9 Å². The van der Waals surface area contributed by atoms with Gasteiger partial charge in [-0.05, 0) is 30.3 Å². The van der Waals surface area contributed by atoms with E-state index in [2.05, 4.69) is 15.0 Å². The number of hydrogen-bond acceptors (Lipinski definition) is 6. The first-order valence-corrected chi connectivity index (χ1v) is 7.07. The van der Waals surface area contributed by atoms with Gasteiger partial charge in [-0.2, -0.15) is 0 Å². The van der Waals surface area contributed by atoms with E-state index >= 15 is 0 Å². The molecule has 0 N–H and O–H groups in total. The van der Waals surface area contributed by atoms with Crippen molar-refractivity contribution in [2.75, 3.05) is 0 Å². The summed E-state index contributed by atoms with van der Waals surface area (Å²) >= 11 is 0. The summed E-state index contributed by atoms with van der Waals surface area (Å²) in [6.07, 6.45) is 6.19. The van der Waals surface area contributed by atoms with Crippen LogP contribution in [0.5, 0.6) is 0 Å². The van der Waals surface area contributed by atoms with Gasteiger partial charge in [-0.25, -0.2) is 0 Å². The zero-order chi connectivity index (χ0) is 16.9. The lowest BCUT2D eigenvalue weighted by molar-refractivity contribution is 0.101. The Balaban J connectivity index is 2.09. The summed E-state index contributed by atoms with van der Waals surface area (Å²) in [6.45, 7) is 0. The summed E-state index contributed by atoms with van der Waals surface area (Å²) in [5.41, 5.74) is 0.426. The molecule has 3 rings (SSSR count). The van der Waals surface area contributed by atoms with Gasteiger partial charge < -0.3 is 0 Å². The molecule has 0 atom stereocenters. The van der Waals surface area contributed by atoms with Crippen LogP contribution in [0.25, 0.3) is 0 Å². The molecule has 0 amide bonds. The number of pyridine rings is 3. The van der Waals surface area contributed by atoms with E-state index in [1.807, 2.05) is 0 Å².